The summed E-state index contributed by atoms with van der Waals surface area (Å²) in [5.41, 5.74) is 1.21. The van der Waals surface area contributed by atoms with E-state index in [1.165, 1.54) is 18.4 Å². The third-order valence-corrected chi connectivity index (χ3v) is 3.89. The lowest BCUT2D eigenvalue weighted by atomic mass is 10.0. The minimum atomic E-state index is 0.278. The van der Waals surface area contributed by atoms with Crippen LogP contribution in [0.3, 0.4) is 0 Å². The van der Waals surface area contributed by atoms with Gasteiger partial charge in [0, 0.05) is 18.4 Å². The summed E-state index contributed by atoms with van der Waals surface area (Å²) in [6.07, 6.45) is 5.29. The Kier molecular flexibility index (Phi) is 24.2. The second-order valence-electron chi connectivity index (χ2n) is 5.66. The normalized spacial score (nSPS) is 9.92. The highest BCUT2D eigenvalue weighted by molar-refractivity contribution is 5.80. The predicted molar refractivity (Wildman–Crippen MR) is 116 cm³/mol. The van der Waals surface area contributed by atoms with Crippen molar-refractivity contribution in [2.24, 2.45) is 5.92 Å². The molecule has 0 N–H and O–H groups in total. The summed E-state index contributed by atoms with van der Waals surface area (Å²) in [6, 6.07) is 5.87. The lowest BCUT2D eigenvalue weighted by Gasteiger charge is -2.07. The van der Waals surface area contributed by atoms with Gasteiger partial charge in [-0.2, -0.15) is 0 Å². The lowest BCUT2D eigenvalue weighted by Crippen LogP contribution is -2.06. The molecule has 26 heavy (non-hydrogen) atoms. The van der Waals surface area contributed by atoms with Crippen LogP contribution in [0.4, 0.5) is 0 Å². The average molecular weight is 369 g/mol. The van der Waals surface area contributed by atoms with E-state index in [4.69, 9.17) is 9.47 Å². The molecule has 154 valence electrons. The molecule has 0 aliphatic rings. The summed E-state index contributed by atoms with van der Waals surface area (Å²) in [6.45, 7) is 16.4. The van der Waals surface area contributed by atoms with Gasteiger partial charge in [-0.15, -0.1) is 0 Å². The fourth-order valence-electron chi connectivity index (χ4n) is 1.72. The van der Waals surface area contributed by atoms with Gasteiger partial charge in [-0.25, -0.2) is 0 Å². The summed E-state index contributed by atoms with van der Waals surface area (Å²) in [5, 5.41) is 0. The number of aryl methyl sites for hydroxylation is 1. The zero-order valence-electron chi connectivity index (χ0n) is 19.1. The predicted octanol–water partition coefficient (Wildman–Crippen LogP) is 7.11. The van der Waals surface area contributed by atoms with E-state index in [0.717, 1.165) is 24.3 Å². The largest absolute Gasteiger partial charge is 0.497 e. The Morgan fingerprint density at radius 3 is 1.77 bits per heavy atom. The Bertz CT molecular complexity index is 425. The number of hydrogen-bond donors (Lipinski definition) is 0. The van der Waals surface area contributed by atoms with Crippen LogP contribution in [0.15, 0.2) is 18.2 Å². The number of ketones is 1. The fourth-order valence-corrected chi connectivity index (χ4v) is 1.72. The summed E-state index contributed by atoms with van der Waals surface area (Å²) >= 11 is 0. The van der Waals surface area contributed by atoms with Crippen molar-refractivity contribution in [2.75, 3.05) is 14.2 Å². The zero-order chi connectivity index (χ0) is 21.0. The van der Waals surface area contributed by atoms with Gasteiger partial charge in [0.15, 0.2) is 0 Å². The van der Waals surface area contributed by atoms with Gasteiger partial charge in [-0.3, -0.25) is 4.79 Å². The van der Waals surface area contributed by atoms with Crippen LogP contribution in [0.5, 0.6) is 11.5 Å². The molecule has 0 saturated carbocycles. The van der Waals surface area contributed by atoms with Crippen molar-refractivity contribution in [1.29, 1.82) is 0 Å². The maximum Gasteiger partial charge on any atom is 0.135 e. The van der Waals surface area contributed by atoms with Crippen molar-refractivity contribution in [2.45, 2.75) is 87.5 Å². The highest BCUT2D eigenvalue weighted by Crippen LogP contribution is 2.24. The quantitative estimate of drug-likeness (QED) is 0.514. The Hall–Kier alpha value is -1.51. The van der Waals surface area contributed by atoms with Crippen LogP contribution in [0.25, 0.3) is 0 Å². The van der Waals surface area contributed by atoms with E-state index >= 15 is 0 Å². The Morgan fingerprint density at radius 2 is 1.50 bits per heavy atom. The monoisotopic (exact) mass is 368 g/mol. The molecule has 0 aliphatic heterocycles. The molecule has 1 rings (SSSR count). The standard InChI is InChI=1S/C10H14O2.C7H14O.C4H10.C2H6/c1-4-8-5-6-9(11-2)7-10(8)12-3;1-4-6(3)7(8)5-2;1-3-4-2;1-2/h5-7H,4H2,1-3H3;6H,4-5H2,1-3H3;3-4H2,1-2H3;1-2H3. The third-order valence-electron chi connectivity index (χ3n) is 3.89. The van der Waals surface area contributed by atoms with E-state index in [2.05, 4.69) is 20.8 Å². The number of carbonyl (C=O) groups is 1. The molecule has 1 atom stereocenters. The van der Waals surface area contributed by atoms with E-state index in [1.807, 2.05) is 52.8 Å². The van der Waals surface area contributed by atoms with E-state index in [9.17, 15) is 4.79 Å². The van der Waals surface area contributed by atoms with Gasteiger partial charge >= 0.3 is 0 Å². The molecule has 3 heteroatoms. The van der Waals surface area contributed by atoms with Gasteiger partial charge in [0.2, 0.25) is 0 Å². The number of rotatable bonds is 7. The van der Waals surface area contributed by atoms with Crippen LogP contribution >= 0.6 is 0 Å². The smallest absolute Gasteiger partial charge is 0.135 e. The first-order chi connectivity index (χ1) is 12.4. The molecule has 1 aromatic rings. The van der Waals surface area contributed by atoms with E-state index in [0.29, 0.717) is 12.2 Å². The molecule has 0 heterocycles. The fraction of sp³-hybridized carbons (Fsp3) is 0.696. The molecule has 1 unspecified atom stereocenters. The van der Waals surface area contributed by atoms with Crippen molar-refractivity contribution in [1.82, 2.24) is 0 Å². The highest BCUT2D eigenvalue weighted by atomic mass is 16.5. The van der Waals surface area contributed by atoms with Crippen LogP contribution in [0.2, 0.25) is 0 Å². The van der Waals surface area contributed by atoms with E-state index < -0.39 is 0 Å². The Balaban J connectivity index is -0.000000328. The minimum absolute atomic E-state index is 0.278. The van der Waals surface area contributed by atoms with Gasteiger partial charge in [0.05, 0.1) is 14.2 Å². The highest BCUT2D eigenvalue weighted by Gasteiger charge is 2.05. The average Bonchev–Trinajstić information content (AvgIpc) is 2.73. The zero-order valence-corrected chi connectivity index (χ0v) is 19.1. The van der Waals surface area contributed by atoms with Crippen LogP contribution in [-0.2, 0) is 11.2 Å². The number of carbonyl (C=O) groups excluding carboxylic acids is 1. The van der Waals surface area contributed by atoms with Gasteiger partial charge in [0.25, 0.3) is 0 Å². The number of Topliss-reactive ketones (excluding diaryl/α,β-unsaturated/α-hetero) is 1. The molecule has 0 fully saturated rings. The maximum atomic E-state index is 10.7. The number of ether oxygens (including phenoxy) is 2. The van der Waals surface area contributed by atoms with Crippen LogP contribution in [-0.4, -0.2) is 20.0 Å². The van der Waals surface area contributed by atoms with Gasteiger partial charge in [-0.1, -0.05) is 74.3 Å². The molecule has 0 spiro atoms. The molecule has 0 radical (unpaired) electrons. The molecule has 0 amide bonds. The maximum absolute atomic E-state index is 10.7. The van der Waals surface area contributed by atoms with Crippen LogP contribution in [0, 0.1) is 5.92 Å². The lowest BCUT2D eigenvalue weighted by molar-refractivity contribution is -0.122. The number of methoxy groups -OCH3 is 2. The van der Waals surface area contributed by atoms with E-state index in [-0.39, 0.29) is 5.92 Å². The first-order valence-corrected chi connectivity index (χ1v) is 10.2. The van der Waals surface area contributed by atoms with Crippen molar-refractivity contribution >= 4 is 5.78 Å². The molecule has 0 aromatic heterocycles. The second-order valence-corrected chi connectivity index (χ2v) is 5.66. The number of benzene rings is 1. The SMILES string of the molecule is CC.CCC(=O)C(C)CC.CCCC.CCc1ccc(OC)cc1OC. The van der Waals surface area contributed by atoms with Crippen LogP contribution < -0.4 is 9.47 Å². The molecule has 1 aromatic carbocycles. The second kappa shape index (κ2) is 21.5. The summed E-state index contributed by atoms with van der Waals surface area (Å²) in [4.78, 5) is 10.7. The topological polar surface area (TPSA) is 35.5 Å². The Morgan fingerprint density at radius 1 is 0.962 bits per heavy atom. The number of unbranched alkanes of at least 4 members (excludes halogenated alkanes) is 1. The molecule has 0 aliphatic carbocycles. The molecule has 0 bridgehead atoms. The van der Waals surface area contributed by atoms with Crippen molar-refractivity contribution < 1.29 is 14.3 Å². The van der Waals surface area contributed by atoms with Crippen molar-refractivity contribution in [3.05, 3.63) is 23.8 Å². The summed E-state index contributed by atoms with van der Waals surface area (Å²) in [7, 11) is 3.33. The summed E-state index contributed by atoms with van der Waals surface area (Å²) in [5.74, 6) is 2.40. The van der Waals surface area contributed by atoms with Gasteiger partial charge in [0.1, 0.15) is 17.3 Å². The number of hydrogen-bond acceptors (Lipinski definition) is 3. The van der Waals surface area contributed by atoms with Crippen LogP contribution in [0.1, 0.15) is 86.6 Å². The van der Waals surface area contributed by atoms with Gasteiger partial charge in [-0.05, 0) is 24.5 Å². The van der Waals surface area contributed by atoms with Crippen molar-refractivity contribution in [3.63, 3.8) is 0 Å². The minimum Gasteiger partial charge on any atom is -0.497 e. The first kappa shape index (κ1) is 29.3. The first-order valence-electron chi connectivity index (χ1n) is 10.2. The third kappa shape index (κ3) is 14.8. The van der Waals surface area contributed by atoms with E-state index in [1.54, 1.807) is 14.2 Å². The molecular formula is C23H44O3. The molecule has 0 saturated heterocycles. The van der Waals surface area contributed by atoms with Crippen molar-refractivity contribution in [3.8, 4) is 11.5 Å². The Labute approximate surface area is 163 Å². The molecule has 3 nitrogen and oxygen atoms in total. The van der Waals surface area contributed by atoms with Gasteiger partial charge < -0.3 is 9.47 Å². The summed E-state index contributed by atoms with van der Waals surface area (Å²) < 4.78 is 10.3. The molecular weight excluding hydrogens is 324 g/mol.